The lowest BCUT2D eigenvalue weighted by Crippen LogP contribution is -1.99. The smallest absolute Gasteiger partial charge is 0.0117 e. The summed E-state index contributed by atoms with van der Waals surface area (Å²) in [5.74, 6) is 1.02. The monoisotopic (exact) mass is 342 g/mol. The Kier molecular flexibility index (Phi) is 5.32. The molecule has 0 radical (unpaired) electrons. The average molecular weight is 343 g/mol. The maximum absolute atomic E-state index is 2.28. The second-order valence-electron chi connectivity index (χ2n) is 7.91. The number of hydrogen-bond acceptors (Lipinski definition) is 0. The zero-order valence-corrected chi connectivity index (χ0v) is 16.9. The molecule has 0 bridgehead atoms. The highest BCUT2D eigenvalue weighted by atomic mass is 14.2. The molecule has 26 heavy (non-hydrogen) atoms. The number of aryl methyl sites for hydroxylation is 1. The largest absolute Gasteiger partial charge is 0.0619 e. The molecule has 3 aromatic carbocycles. The Hall–Kier alpha value is -2.34. The van der Waals surface area contributed by atoms with E-state index < -0.39 is 0 Å². The molecule has 0 fully saturated rings. The lowest BCUT2D eigenvalue weighted by Gasteiger charge is -2.21. The Morgan fingerprint density at radius 1 is 0.538 bits per heavy atom. The molecule has 0 atom stereocenters. The molecule has 0 amide bonds. The van der Waals surface area contributed by atoms with Crippen molar-refractivity contribution in [3.05, 3.63) is 82.9 Å². The van der Waals surface area contributed by atoms with Crippen molar-refractivity contribution in [2.75, 3.05) is 0 Å². The van der Waals surface area contributed by atoms with Crippen LogP contribution in [0.25, 0.3) is 22.3 Å². The Morgan fingerprint density at radius 2 is 1.08 bits per heavy atom. The maximum Gasteiger partial charge on any atom is -0.0117 e. The van der Waals surface area contributed by atoms with Crippen LogP contribution < -0.4 is 0 Å². The van der Waals surface area contributed by atoms with Crippen LogP contribution >= 0.6 is 0 Å². The minimum atomic E-state index is 0.510. The summed E-state index contributed by atoms with van der Waals surface area (Å²) in [7, 11) is 0. The number of benzene rings is 3. The van der Waals surface area contributed by atoms with Crippen molar-refractivity contribution in [3.63, 3.8) is 0 Å². The van der Waals surface area contributed by atoms with Gasteiger partial charge in [0, 0.05) is 0 Å². The van der Waals surface area contributed by atoms with Crippen LogP contribution in [0.15, 0.2) is 60.7 Å². The van der Waals surface area contributed by atoms with Crippen LogP contribution in [0.1, 0.15) is 61.8 Å². The summed E-state index contributed by atoms with van der Waals surface area (Å²) < 4.78 is 0. The highest BCUT2D eigenvalue weighted by molar-refractivity contribution is 5.82. The van der Waals surface area contributed by atoms with Gasteiger partial charge in [-0.15, -0.1) is 0 Å². The van der Waals surface area contributed by atoms with Crippen LogP contribution in [0.3, 0.4) is 0 Å². The fraction of sp³-hybridized carbons (Fsp3) is 0.308. The van der Waals surface area contributed by atoms with Gasteiger partial charge in [0.1, 0.15) is 0 Å². The fourth-order valence-electron chi connectivity index (χ4n) is 3.98. The van der Waals surface area contributed by atoms with E-state index in [2.05, 4.69) is 102 Å². The molecule has 0 heteroatoms. The molecule has 0 aliphatic heterocycles. The van der Waals surface area contributed by atoms with E-state index in [0.29, 0.717) is 11.8 Å². The molecule has 3 rings (SSSR count). The second-order valence-corrected chi connectivity index (χ2v) is 7.91. The number of hydrogen-bond donors (Lipinski definition) is 0. The van der Waals surface area contributed by atoms with Gasteiger partial charge in [0.2, 0.25) is 0 Å². The standard InChI is InChI=1S/C26H30/c1-17(2)21-12-7-8-13-25(21)23-15-10-16-24(20(23)6)26-19(5)11-9-14-22(26)18(3)4/h7-18H,1-6H3. The van der Waals surface area contributed by atoms with Crippen molar-refractivity contribution >= 4 is 0 Å². The van der Waals surface area contributed by atoms with E-state index in [0.717, 1.165) is 0 Å². The zero-order valence-electron chi connectivity index (χ0n) is 16.9. The SMILES string of the molecule is Cc1cccc(C(C)C)c1-c1cccc(-c2ccccc2C(C)C)c1C. The molecule has 0 aromatic heterocycles. The topological polar surface area (TPSA) is 0 Å². The van der Waals surface area contributed by atoms with E-state index in [4.69, 9.17) is 0 Å². The first kappa shape index (κ1) is 18.5. The molecule has 0 nitrogen and oxygen atoms in total. The molecule has 0 unspecified atom stereocenters. The van der Waals surface area contributed by atoms with Crippen LogP contribution in [-0.4, -0.2) is 0 Å². The molecule has 0 heterocycles. The fourth-order valence-corrected chi connectivity index (χ4v) is 3.98. The summed E-state index contributed by atoms with van der Waals surface area (Å²) >= 11 is 0. The molecule has 0 spiro atoms. The Bertz CT molecular complexity index is 913. The van der Waals surface area contributed by atoms with Gasteiger partial charge >= 0.3 is 0 Å². The van der Waals surface area contributed by atoms with Crippen LogP contribution in [-0.2, 0) is 0 Å². The minimum absolute atomic E-state index is 0.510. The van der Waals surface area contributed by atoms with Gasteiger partial charge in [-0.3, -0.25) is 0 Å². The summed E-state index contributed by atoms with van der Waals surface area (Å²) in [4.78, 5) is 0. The maximum atomic E-state index is 2.28. The minimum Gasteiger partial charge on any atom is -0.0619 e. The van der Waals surface area contributed by atoms with E-state index in [1.165, 1.54) is 44.5 Å². The molecule has 0 aliphatic rings. The zero-order chi connectivity index (χ0) is 18.8. The third-order valence-corrected chi connectivity index (χ3v) is 5.40. The van der Waals surface area contributed by atoms with Gasteiger partial charge in [-0.25, -0.2) is 0 Å². The van der Waals surface area contributed by atoms with Gasteiger partial charge < -0.3 is 0 Å². The summed E-state index contributed by atoms with van der Waals surface area (Å²) in [5, 5.41) is 0. The van der Waals surface area contributed by atoms with Crippen LogP contribution in [0.5, 0.6) is 0 Å². The van der Waals surface area contributed by atoms with Crippen molar-refractivity contribution in [1.29, 1.82) is 0 Å². The predicted octanol–water partition coefficient (Wildman–Crippen LogP) is 7.88. The molecule has 3 aromatic rings. The van der Waals surface area contributed by atoms with Crippen molar-refractivity contribution in [1.82, 2.24) is 0 Å². The lowest BCUT2D eigenvalue weighted by atomic mass is 9.84. The second kappa shape index (κ2) is 7.50. The van der Waals surface area contributed by atoms with Gasteiger partial charge in [0.15, 0.2) is 0 Å². The first-order chi connectivity index (χ1) is 12.4. The van der Waals surface area contributed by atoms with E-state index >= 15 is 0 Å². The van der Waals surface area contributed by atoms with Crippen molar-refractivity contribution in [2.45, 2.75) is 53.4 Å². The number of rotatable bonds is 4. The molecule has 0 N–H and O–H groups in total. The molecule has 0 saturated heterocycles. The van der Waals surface area contributed by atoms with E-state index in [-0.39, 0.29) is 0 Å². The summed E-state index contributed by atoms with van der Waals surface area (Å²) in [6, 6.07) is 22.3. The molecular weight excluding hydrogens is 312 g/mol. The van der Waals surface area contributed by atoms with Crippen LogP contribution in [0.4, 0.5) is 0 Å². The van der Waals surface area contributed by atoms with Crippen molar-refractivity contribution in [3.8, 4) is 22.3 Å². The van der Waals surface area contributed by atoms with Crippen LogP contribution in [0, 0.1) is 13.8 Å². The quantitative estimate of drug-likeness (QED) is 0.452. The summed E-state index contributed by atoms with van der Waals surface area (Å²) in [5.41, 5.74) is 11.1. The molecule has 134 valence electrons. The highest BCUT2D eigenvalue weighted by Crippen LogP contribution is 2.39. The van der Waals surface area contributed by atoms with E-state index in [1.807, 2.05) is 0 Å². The Morgan fingerprint density at radius 3 is 1.77 bits per heavy atom. The Balaban J connectivity index is 2.26. The predicted molar refractivity (Wildman–Crippen MR) is 115 cm³/mol. The van der Waals surface area contributed by atoms with Gasteiger partial charge in [-0.1, -0.05) is 88.4 Å². The van der Waals surface area contributed by atoms with E-state index in [9.17, 15) is 0 Å². The first-order valence-electron chi connectivity index (χ1n) is 9.70. The molecule has 0 aliphatic carbocycles. The van der Waals surface area contributed by atoms with E-state index in [1.54, 1.807) is 0 Å². The first-order valence-corrected chi connectivity index (χ1v) is 9.70. The van der Waals surface area contributed by atoms with Gasteiger partial charge in [0.05, 0.1) is 0 Å². The summed E-state index contributed by atoms with van der Waals surface area (Å²) in [6.07, 6.45) is 0. The van der Waals surface area contributed by atoms with Gasteiger partial charge in [-0.05, 0) is 70.2 Å². The third-order valence-electron chi connectivity index (χ3n) is 5.40. The summed E-state index contributed by atoms with van der Waals surface area (Å²) in [6.45, 7) is 13.6. The Labute approximate surface area is 158 Å². The molecular formula is C26H30. The van der Waals surface area contributed by atoms with Crippen molar-refractivity contribution in [2.24, 2.45) is 0 Å². The average Bonchev–Trinajstić information content (AvgIpc) is 2.62. The third kappa shape index (κ3) is 3.33. The highest BCUT2D eigenvalue weighted by Gasteiger charge is 2.16. The normalized spacial score (nSPS) is 11.4. The van der Waals surface area contributed by atoms with Gasteiger partial charge in [-0.2, -0.15) is 0 Å². The van der Waals surface area contributed by atoms with Crippen LogP contribution in [0.2, 0.25) is 0 Å². The van der Waals surface area contributed by atoms with Crippen molar-refractivity contribution < 1.29 is 0 Å². The lowest BCUT2D eigenvalue weighted by molar-refractivity contribution is 0.867. The molecule has 0 saturated carbocycles. The van der Waals surface area contributed by atoms with Gasteiger partial charge in [0.25, 0.3) is 0 Å².